The predicted octanol–water partition coefficient (Wildman–Crippen LogP) is 1.73. The summed E-state index contributed by atoms with van der Waals surface area (Å²) in [5, 5.41) is 15.4. The van der Waals surface area contributed by atoms with Crippen LogP contribution in [0.1, 0.15) is 11.6 Å². The number of hydrogen-bond acceptors (Lipinski definition) is 5. The average Bonchev–Trinajstić information content (AvgIpc) is 2.46. The number of benzene rings is 1. The Morgan fingerprint density at radius 3 is 2.70 bits per heavy atom. The molecular weight excluding hydrogens is 264 g/mol. The molecule has 20 heavy (non-hydrogen) atoms. The monoisotopic (exact) mass is 280 g/mol. The van der Waals surface area contributed by atoms with Crippen molar-refractivity contribution in [1.82, 2.24) is 5.32 Å². The lowest BCUT2D eigenvalue weighted by Crippen LogP contribution is -2.30. The van der Waals surface area contributed by atoms with Gasteiger partial charge in [-0.1, -0.05) is 11.2 Å². The van der Waals surface area contributed by atoms with Crippen LogP contribution in [0.15, 0.2) is 23.3 Å². The van der Waals surface area contributed by atoms with Gasteiger partial charge >= 0.3 is 5.97 Å². The first-order valence-electron chi connectivity index (χ1n) is 5.83. The van der Waals surface area contributed by atoms with E-state index in [0.717, 1.165) is 0 Å². The van der Waals surface area contributed by atoms with E-state index in [-0.39, 0.29) is 13.1 Å². The van der Waals surface area contributed by atoms with Crippen LogP contribution in [-0.4, -0.2) is 38.4 Å². The molecule has 1 aromatic rings. The van der Waals surface area contributed by atoms with Gasteiger partial charge in [-0.2, -0.15) is 0 Å². The van der Waals surface area contributed by atoms with Gasteiger partial charge in [-0.3, -0.25) is 4.79 Å². The molecule has 1 unspecified atom stereocenters. The van der Waals surface area contributed by atoms with Crippen molar-refractivity contribution in [2.75, 3.05) is 27.3 Å². The van der Waals surface area contributed by atoms with E-state index in [1.165, 1.54) is 14.2 Å². The smallest absolute Gasteiger partial charge is 0.325 e. The first-order chi connectivity index (χ1) is 9.63. The minimum atomic E-state index is -1.03. The van der Waals surface area contributed by atoms with Crippen molar-refractivity contribution in [2.45, 2.75) is 6.04 Å². The van der Waals surface area contributed by atoms with E-state index in [9.17, 15) is 9.90 Å². The third-order valence-electron chi connectivity index (χ3n) is 2.61. The van der Waals surface area contributed by atoms with Crippen LogP contribution in [0.4, 0.5) is 0 Å². The summed E-state index contributed by atoms with van der Waals surface area (Å²) in [7, 11) is 2.98. The molecule has 8 heteroatoms. The number of carboxylic acids is 1. The van der Waals surface area contributed by atoms with Crippen LogP contribution < -0.4 is 14.8 Å². The number of carbonyl (C=O) groups is 1. The van der Waals surface area contributed by atoms with Crippen LogP contribution in [0.2, 0.25) is 0 Å². The number of aliphatic carboxylic acids is 1. The fraction of sp³-hybridized carbons (Fsp3) is 0.417. The fourth-order valence-electron chi connectivity index (χ4n) is 1.68. The van der Waals surface area contributed by atoms with E-state index in [4.69, 9.17) is 15.0 Å². The summed E-state index contributed by atoms with van der Waals surface area (Å²) in [5.74, 6) is -0.0549. The third kappa shape index (κ3) is 4.04. The first-order valence-corrected chi connectivity index (χ1v) is 5.83. The second kappa shape index (κ2) is 7.88. The van der Waals surface area contributed by atoms with Gasteiger partial charge in [-0.05, 0) is 23.2 Å². The summed E-state index contributed by atoms with van der Waals surface area (Å²) in [6, 6.07) is 3.96. The Morgan fingerprint density at radius 1 is 1.45 bits per heavy atom. The standard InChI is InChI=1S/C12H16N4O4/c1-19-9-4-3-8(7-10(9)20-2)11(12(17)18)14-5-6-15-16-13/h3-4,7,11,14H,5-6H2,1-2H3,(H,17,18). The van der Waals surface area contributed by atoms with Crippen molar-refractivity contribution in [2.24, 2.45) is 5.11 Å². The maximum Gasteiger partial charge on any atom is 0.325 e. The molecule has 0 heterocycles. The minimum Gasteiger partial charge on any atom is -0.493 e. The summed E-state index contributed by atoms with van der Waals surface area (Å²) in [6.07, 6.45) is 0. The molecule has 0 spiro atoms. The van der Waals surface area contributed by atoms with Crippen LogP contribution in [0.3, 0.4) is 0 Å². The van der Waals surface area contributed by atoms with Crippen LogP contribution in [0.25, 0.3) is 10.4 Å². The second-order valence-electron chi connectivity index (χ2n) is 3.79. The Hall–Kier alpha value is -2.44. The predicted molar refractivity (Wildman–Crippen MR) is 71.9 cm³/mol. The van der Waals surface area contributed by atoms with E-state index < -0.39 is 12.0 Å². The van der Waals surface area contributed by atoms with Gasteiger partial charge in [0.1, 0.15) is 6.04 Å². The van der Waals surface area contributed by atoms with Gasteiger partial charge in [0.05, 0.1) is 14.2 Å². The zero-order valence-corrected chi connectivity index (χ0v) is 11.2. The molecule has 0 fully saturated rings. The molecular formula is C12H16N4O4. The molecule has 0 aliphatic rings. The summed E-state index contributed by atoms with van der Waals surface area (Å²) in [5.41, 5.74) is 8.69. The van der Waals surface area contributed by atoms with Crippen LogP contribution in [-0.2, 0) is 4.79 Å². The van der Waals surface area contributed by atoms with Crippen molar-refractivity contribution >= 4 is 5.97 Å². The SMILES string of the molecule is COc1ccc(C(NCCN=[N+]=[N-])C(=O)O)cc1OC. The van der Waals surface area contributed by atoms with Gasteiger partial charge in [0.25, 0.3) is 0 Å². The average molecular weight is 280 g/mol. The van der Waals surface area contributed by atoms with E-state index in [1.807, 2.05) is 0 Å². The minimum absolute atomic E-state index is 0.174. The highest BCUT2D eigenvalue weighted by Crippen LogP contribution is 2.30. The van der Waals surface area contributed by atoms with Crippen molar-refractivity contribution in [3.05, 3.63) is 34.2 Å². The van der Waals surface area contributed by atoms with Crippen LogP contribution in [0, 0.1) is 0 Å². The zero-order valence-electron chi connectivity index (χ0n) is 11.2. The summed E-state index contributed by atoms with van der Waals surface area (Å²) in [6.45, 7) is 0.433. The summed E-state index contributed by atoms with van der Waals surface area (Å²) < 4.78 is 10.2. The largest absolute Gasteiger partial charge is 0.493 e. The van der Waals surface area contributed by atoms with E-state index >= 15 is 0 Å². The molecule has 1 aromatic carbocycles. The number of rotatable bonds is 8. The van der Waals surface area contributed by atoms with Gasteiger partial charge in [0, 0.05) is 18.0 Å². The van der Waals surface area contributed by atoms with E-state index in [2.05, 4.69) is 15.3 Å². The number of hydrogen-bond donors (Lipinski definition) is 2. The normalized spacial score (nSPS) is 11.3. The van der Waals surface area contributed by atoms with Gasteiger partial charge in [-0.15, -0.1) is 0 Å². The Balaban J connectivity index is 2.91. The number of methoxy groups -OCH3 is 2. The Morgan fingerprint density at radius 2 is 2.15 bits per heavy atom. The highest BCUT2D eigenvalue weighted by atomic mass is 16.5. The number of nitrogens with one attached hydrogen (secondary N) is 1. The molecule has 0 radical (unpaired) electrons. The molecule has 0 saturated heterocycles. The molecule has 0 saturated carbocycles. The highest BCUT2D eigenvalue weighted by molar-refractivity contribution is 5.76. The van der Waals surface area contributed by atoms with E-state index in [1.54, 1.807) is 18.2 Å². The van der Waals surface area contributed by atoms with Crippen molar-refractivity contribution in [1.29, 1.82) is 0 Å². The van der Waals surface area contributed by atoms with Crippen molar-refractivity contribution < 1.29 is 19.4 Å². The van der Waals surface area contributed by atoms with Crippen LogP contribution in [0.5, 0.6) is 11.5 Å². The zero-order chi connectivity index (χ0) is 15.0. The van der Waals surface area contributed by atoms with Gasteiger partial charge in [0.15, 0.2) is 11.5 Å². The molecule has 0 aliphatic heterocycles. The lowest BCUT2D eigenvalue weighted by Gasteiger charge is -2.16. The Kier molecular flexibility index (Phi) is 6.15. The molecule has 0 bridgehead atoms. The topological polar surface area (TPSA) is 117 Å². The lowest BCUT2D eigenvalue weighted by molar-refractivity contribution is -0.139. The Bertz CT molecular complexity index is 514. The third-order valence-corrected chi connectivity index (χ3v) is 2.61. The van der Waals surface area contributed by atoms with Gasteiger partial charge in [-0.25, -0.2) is 0 Å². The Labute approximate surface area is 115 Å². The molecule has 1 rings (SSSR count). The molecule has 1 atom stereocenters. The molecule has 2 N–H and O–H groups in total. The highest BCUT2D eigenvalue weighted by Gasteiger charge is 2.20. The van der Waals surface area contributed by atoms with Gasteiger partial charge < -0.3 is 19.9 Å². The van der Waals surface area contributed by atoms with Gasteiger partial charge in [0.2, 0.25) is 0 Å². The quantitative estimate of drug-likeness (QED) is 0.325. The number of carboxylic acid groups (broad SMARTS) is 1. The maximum absolute atomic E-state index is 11.3. The van der Waals surface area contributed by atoms with Crippen molar-refractivity contribution in [3.63, 3.8) is 0 Å². The lowest BCUT2D eigenvalue weighted by atomic mass is 10.1. The van der Waals surface area contributed by atoms with Crippen LogP contribution >= 0.6 is 0 Å². The molecule has 8 nitrogen and oxygen atoms in total. The molecule has 108 valence electrons. The number of ether oxygens (including phenoxy) is 2. The molecule has 0 amide bonds. The number of azide groups is 1. The molecule has 0 aliphatic carbocycles. The summed E-state index contributed by atoms with van der Waals surface area (Å²) >= 11 is 0. The fourth-order valence-corrected chi connectivity index (χ4v) is 1.68. The first kappa shape index (κ1) is 15.6. The molecule has 0 aromatic heterocycles. The second-order valence-corrected chi connectivity index (χ2v) is 3.79. The van der Waals surface area contributed by atoms with Crippen molar-refractivity contribution in [3.8, 4) is 11.5 Å². The number of nitrogens with zero attached hydrogens (tertiary/aromatic N) is 3. The van der Waals surface area contributed by atoms with E-state index in [0.29, 0.717) is 17.1 Å². The maximum atomic E-state index is 11.3. The summed E-state index contributed by atoms with van der Waals surface area (Å²) in [4.78, 5) is 13.9.